The summed E-state index contributed by atoms with van der Waals surface area (Å²) in [5, 5.41) is 15.5. The summed E-state index contributed by atoms with van der Waals surface area (Å²) in [4.78, 5) is 12.7. The zero-order chi connectivity index (χ0) is 21.1. The largest absolute Gasteiger partial charge is 0.420 e. The van der Waals surface area contributed by atoms with Crippen molar-refractivity contribution in [2.45, 2.75) is 26.7 Å². The summed E-state index contributed by atoms with van der Waals surface area (Å²) >= 11 is 0. The van der Waals surface area contributed by atoms with E-state index in [4.69, 9.17) is 4.42 Å². The number of amides is 1. The maximum Gasteiger partial charge on any atom is 0.268 e. The number of rotatable bonds is 6. The zero-order valence-corrected chi connectivity index (χ0v) is 17.2. The van der Waals surface area contributed by atoms with Gasteiger partial charge in [0.05, 0.1) is 5.69 Å². The van der Waals surface area contributed by atoms with Gasteiger partial charge in [-0.3, -0.25) is 4.79 Å². The smallest absolute Gasteiger partial charge is 0.268 e. The monoisotopic (exact) mass is 401 g/mol. The zero-order valence-electron chi connectivity index (χ0n) is 17.2. The Morgan fingerprint density at radius 2 is 1.87 bits per heavy atom. The third-order valence-electron chi connectivity index (χ3n) is 4.92. The number of carbonyl (C=O) groups excluding carboxylic acids is 1. The Morgan fingerprint density at radius 3 is 2.60 bits per heavy atom. The highest BCUT2D eigenvalue weighted by molar-refractivity contribution is 5.94. The number of nitrogens with zero attached hydrogens (tertiary/aromatic N) is 4. The van der Waals surface area contributed by atoms with Gasteiger partial charge in [0.2, 0.25) is 5.89 Å². The Hall–Kier alpha value is -3.74. The summed E-state index contributed by atoms with van der Waals surface area (Å²) in [6.07, 6.45) is 0. The number of carbonyl (C=O) groups is 1. The first-order valence-corrected chi connectivity index (χ1v) is 9.82. The van der Waals surface area contributed by atoms with E-state index in [0.717, 1.165) is 11.4 Å². The SMILES string of the molecule is Cc1nnc(-c2cc(C)n(-c3cccc(C(=O)NC[C@@H](C)c4ccccc4)c3)n2)o1. The fraction of sp³-hybridized carbons (Fsp3) is 0.217. The Kier molecular flexibility index (Phi) is 5.43. The molecule has 0 saturated carbocycles. The molecule has 0 aliphatic carbocycles. The predicted octanol–water partition coefficient (Wildman–Crippen LogP) is 4.07. The Bertz CT molecular complexity index is 1160. The van der Waals surface area contributed by atoms with Gasteiger partial charge in [-0.05, 0) is 42.7 Å². The van der Waals surface area contributed by atoms with Crippen molar-refractivity contribution in [3.63, 3.8) is 0 Å². The Morgan fingerprint density at radius 1 is 1.07 bits per heavy atom. The molecule has 7 nitrogen and oxygen atoms in total. The predicted molar refractivity (Wildman–Crippen MR) is 114 cm³/mol. The first-order chi connectivity index (χ1) is 14.5. The molecule has 1 N–H and O–H groups in total. The van der Waals surface area contributed by atoms with E-state index in [1.165, 1.54) is 5.56 Å². The van der Waals surface area contributed by atoms with Crippen LogP contribution in [0.4, 0.5) is 0 Å². The van der Waals surface area contributed by atoms with Gasteiger partial charge in [0.1, 0.15) is 5.69 Å². The summed E-state index contributed by atoms with van der Waals surface area (Å²) in [6, 6.07) is 19.4. The average molecular weight is 401 g/mol. The van der Waals surface area contributed by atoms with E-state index in [2.05, 4.69) is 39.7 Å². The van der Waals surface area contributed by atoms with Crippen molar-refractivity contribution in [1.82, 2.24) is 25.3 Å². The van der Waals surface area contributed by atoms with Gasteiger partial charge in [0, 0.05) is 24.7 Å². The number of aryl methyl sites for hydroxylation is 2. The van der Waals surface area contributed by atoms with Gasteiger partial charge in [-0.2, -0.15) is 5.10 Å². The van der Waals surface area contributed by atoms with E-state index < -0.39 is 0 Å². The molecule has 152 valence electrons. The molecule has 1 atom stereocenters. The van der Waals surface area contributed by atoms with E-state index in [1.807, 2.05) is 49.4 Å². The van der Waals surface area contributed by atoms with Crippen molar-refractivity contribution in [3.05, 3.63) is 83.4 Å². The van der Waals surface area contributed by atoms with Crippen LogP contribution in [0.1, 0.15) is 40.3 Å². The van der Waals surface area contributed by atoms with Crippen molar-refractivity contribution in [2.75, 3.05) is 6.54 Å². The van der Waals surface area contributed by atoms with E-state index in [0.29, 0.717) is 29.6 Å². The molecule has 2 aromatic heterocycles. The maximum atomic E-state index is 12.7. The molecule has 30 heavy (non-hydrogen) atoms. The second-order valence-corrected chi connectivity index (χ2v) is 7.28. The molecule has 0 aliphatic heterocycles. The summed E-state index contributed by atoms with van der Waals surface area (Å²) in [5.41, 5.74) is 4.06. The summed E-state index contributed by atoms with van der Waals surface area (Å²) in [6.45, 7) is 6.34. The van der Waals surface area contributed by atoms with Gasteiger partial charge < -0.3 is 9.73 Å². The molecule has 2 heterocycles. The first kappa shape index (κ1) is 19.6. The van der Waals surface area contributed by atoms with E-state index in [-0.39, 0.29) is 11.8 Å². The molecule has 4 rings (SSSR count). The van der Waals surface area contributed by atoms with Crippen LogP contribution in [-0.4, -0.2) is 32.4 Å². The Balaban J connectivity index is 1.50. The van der Waals surface area contributed by atoms with Crippen molar-refractivity contribution < 1.29 is 9.21 Å². The second kappa shape index (κ2) is 8.32. The van der Waals surface area contributed by atoms with Gasteiger partial charge in [-0.15, -0.1) is 10.2 Å². The summed E-state index contributed by atoms with van der Waals surface area (Å²) in [7, 11) is 0. The lowest BCUT2D eigenvalue weighted by Gasteiger charge is -2.13. The summed E-state index contributed by atoms with van der Waals surface area (Å²) in [5.74, 6) is 0.975. The molecule has 4 aromatic rings. The molecule has 0 spiro atoms. The number of aromatic nitrogens is 4. The molecule has 7 heteroatoms. The second-order valence-electron chi connectivity index (χ2n) is 7.28. The van der Waals surface area contributed by atoms with E-state index in [9.17, 15) is 4.79 Å². The molecule has 2 aromatic carbocycles. The minimum atomic E-state index is -0.114. The van der Waals surface area contributed by atoms with Crippen LogP contribution in [-0.2, 0) is 0 Å². The van der Waals surface area contributed by atoms with Crippen molar-refractivity contribution in [3.8, 4) is 17.3 Å². The fourth-order valence-corrected chi connectivity index (χ4v) is 3.27. The van der Waals surface area contributed by atoms with Crippen LogP contribution in [0, 0.1) is 13.8 Å². The average Bonchev–Trinajstić information content (AvgIpc) is 3.38. The molecular weight excluding hydrogens is 378 g/mol. The van der Waals surface area contributed by atoms with Crippen LogP contribution in [0.25, 0.3) is 17.3 Å². The topological polar surface area (TPSA) is 85.8 Å². The van der Waals surface area contributed by atoms with Gasteiger partial charge in [0.25, 0.3) is 11.8 Å². The van der Waals surface area contributed by atoms with Crippen LogP contribution in [0.15, 0.2) is 65.1 Å². The quantitative estimate of drug-likeness (QED) is 0.526. The van der Waals surface area contributed by atoms with Crippen LogP contribution >= 0.6 is 0 Å². The molecule has 0 aliphatic rings. The normalized spacial score (nSPS) is 12.0. The van der Waals surface area contributed by atoms with Gasteiger partial charge in [-0.25, -0.2) is 4.68 Å². The minimum absolute atomic E-state index is 0.114. The standard InChI is InChI=1S/C23H23N5O2/c1-15(18-8-5-4-6-9-18)14-24-22(29)19-10-7-11-20(13-19)28-16(2)12-21(27-28)23-26-25-17(3)30-23/h4-13,15H,14H2,1-3H3,(H,24,29)/t15-/m1/s1. The van der Waals surface area contributed by atoms with Crippen LogP contribution < -0.4 is 5.32 Å². The molecule has 1 amide bonds. The number of hydrogen-bond donors (Lipinski definition) is 1. The van der Waals surface area contributed by atoms with Gasteiger partial charge in [-0.1, -0.05) is 43.3 Å². The number of benzene rings is 2. The third-order valence-corrected chi connectivity index (χ3v) is 4.92. The van der Waals surface area contributed by atoms with Crippen LogP contribution in [0.5, 0.6) is 0 Å². The molecule has 0 bridgehead atoms. The molecule has 0 saturated heterocycles. The fourth-order valence-electron chi connectivity index (χ4n) is 3.27. The van der Waals surface area contributed by atoms with Gasteiger partial charge >= 0.3 is 0 Å². The lowest BCUT2D eigenvalue weighted by molar-refractivity contribution is 0.0951. The molecule has 0 fully saturated rings. The lowest BCUT2D eigenvalue weighted by Crippen LogP contribution is -2.27. The highest BCUT2D eigenvalue weighted by atomic mass is 16.4. The van der Waals surface area contributed by atoms with Crippen molar-refractivity contribution in [1.29, 1.82) is 0 Å². The third kappa shape index (κ3) is 4.15. The Labute approximate surface area is 174 Å². The van der Waals surface area contributed by atoms with Gasteiger partial charge in [0.15, 0.2) is 0 Å². The maximum absolute atomic E-state index is 12.7. The lowest BCUT2D eigenvalue weighted by atomic mass is 10.0. The minimum Gasteiger partial charge on any atom is -0.420 e. The number of nitrogens with one attached hydrogen (secondary N) is 1. The van der Waals surface area contributed by atoms with Crippen LogP contribution in [0.2, 0.25) is 0 Å². The highest BCUT2D eigenvalue weighted by Crippen LogP contribution is 2.21. The van der Waals surface area contributed by atoms with E-state index >= 15 is 0 Å². The molecule has 0 unspecified atom stereocenters. The van der Waals surface area contributed by atoms with E-state index in [1.54, 1.807) is 17.7 Å². The van der Waals surface area contributed by atoms with Crippen molar-refractivity contribution in [2.24, 2.45) is 0 Å². The summed E-state index contributed by atoms with van der Waals surface area (Å²) < 4.78 is 7.23. The van der Waals surface area contributed by atoms with Crippen molar-refractivity contribution >= 4 is 5.91 Å². The molecule has 0 radical (unpaired) electrons. The first-order valence-electron chi connectivity index (χ1n) is 9.82. The van der Waals surface area contributed by atoms with Crippen LogP contribution in [0.3, 0.4) is 0 Å². The number of hydrogen-bond acceptors (Lipinski definition) is 5. The molecular formula is C23H23N5O2. The highest BCUT2D eigenvalue weighted by Gasteiger charge is 2.15.